The van der Waals surface area contributed by atoms with Gasteiger partial charge in [-0.2, -0.15) is 0 Å². The number of ether oxygens (including phenoxy) is 1. The highest BCUT2D eigenvalue weighted by Gasteiger charge is 2.18. The normalized spacial score (nSPS) is 16.6. The van der Waals surface area contributed by atoms with Crippen LogP contribution in [-0.2, 0) is 4.74 Å². The lowest BCUT2D eigenvalue weighted by molar-refractivity contribution is 0.0148. The van der Waals surface area contributed by atoms with Gasteiger partial charge in [0, 0.05) is 26.2 Å². The van der Waals surface area contributed by atoms with E-state index in [0.717, 1.165) is 13.1 Å². The number of amides is 1. The first-order chi connectivity index (χ1) is 12.1. The fourth-order valence-electron chi connectivity index (χ4n) is 2.71. The monoisotopic (exact) mass is 348 g/mol. The van der Waals surface area contributed by atoms with E-state index in [-0.39, 0.29) is 18.1 Å². The minimum Gasteiger partial charge on any atom is -0.451 e. The van der Waals surface area contributed by atoms with Crippen LogP contribution in [0.5, 0.6) is 0 Å². The molecule has 7 heteroatoms. The van der Waals surface area contributed by atoms with Crippen molar-refractivity contribution in [2.75, 3.05) is 39.4 Å². The van der Waals surface area contributed by atoms with Gasteiger partial charge >= 0.3 is 0 Å². The number of carbonyl (C=O) groups is 1. The molecule has 1 atom stereocenters. The SMILES string of the molecule is O=C(NCC(O)CN1CCOCC1)c1ccc(-c2ccccc2F)o1. The van der Waals surface area contributed by atoms with E-state index in [9.17, 15) is 14.3 Å². The van der Waals surface area contributed by atoms with Crippen molar-refractivity contribution < 1.29 is 23.4 Å². The third-order valence-corrected chi connectivity index (χ3v) is 4.04. The molecule has 2 aromatic rings. The first-order valence-corrected chi connectivity index (χ1v) is 8.24. The van der Waals surface area contributed by atoms with Crippen LogP contribution in [0.3, 0.4) is 0 Å². The van der Waals surface area contributed by atoms with Crippen molar-refractivity contribution in [3.05, 3.63) is 48.0 Å². The average molecular weight is 348 g/mol. The van der Waals surface area contributed by atoms with Gasteiger partial charge in [0.1, 0.15) is 11.6 Å². The summed E-state index contributed by atoms with van der Waals surface area (Å²) < 4.78 is 24.4. The number of aliphatic hydroxyl groups is 1. The quantitative estimate of drug-likeness (QED) is 0.828. The summed E-state index contributed by atoms with van der Waals surface area (Å²) >= 11 is 0. The molecule has 1 aromatic carbocycles. The van der Waals surface area contributed by atoms with Gasteiger partial charge < -0.3 is 19.6 Å². The maximum Gasteiger partial charge on any atom is 0.287 e. The highest BCUT2D eigenvalue weighted by molar-refractivity contribution is 5.92. The molecule has 25 heavy (non-hydrogen) atoms. The van der Waals surface area contributed by atoms with Crippen LogP contribution in [0.2, 0.25) is 0 Å². The van der Waals surface area contributed by atoms with Crippen LogP contribution in [0.4, 0.5) is 4.39 Å². The number of halogens is 1. The van der Waals surface area contributed by atoms with Crippen molar-refractivity contribution in [2.24, 2.45) is 0 Å². The Hall–Kier alpha value is -2.22. The Bertz CT molecular complexity index is 713. The zero-order chi connectivity index (χ0) is 17.6. The number of nitrogens with one attached hydrogen (secondary N) is 1. The molecule has 0 aliphatic carbocycles. The number of benzene rings is 1. The minimum absolute atomic E-state index is 0.0804. The Morgan fingerprint density at radius 2 is 2.00 bits per heavy atom. The Labute approximate surface area is 145 Å². The number of β-amino-alcohol motifs (C(OH)–C–C–N with tert-alkyl or cyclic N) is 1. The summed E-state index contributed by atoms with van der Waals surface area (Å²) in [6, 6.07) is 9.25. The number of morpholine rings is 1. The standard InChI is InChI=1S/C18H21FN2O4/c19-15-4-2-1-3-14(15)16-5-6-17(25-16)18(23)20-11-13(22)12-21-7-9-24-10-8-21/h1-6,13,22H,7-12H2,(H,20,23). The van der Waals surface area contributed by atoms with Gasteiger partial charge in [-0.1, -0.05) is 12.1 Å². The topological polar surface area (TPSA) is 74.9 Å². The molecule has 0 saturated carbocycles. The smallest absolute Gasteiger partial charge is 0.287 e. The van der Waals surface area contributed by atoms with Crippen LogP contribution in [0, 0.1) is 5.82 Å². The fourth-order valence-corrected chi connectivity index (χ4v) is 2.71. The fraction of sp³-hybridized carbons (Fsp3) is 0.389. The van der Waals surface area contributed by atoms with Crippen LogP contribution < -0.4 is 5.32 Å². The van der Waals surface area contributed by atoms with Gasteiger partial charge in [0.25, 0.3) is 5.91 Å². The van der Waals surface area contributed by atoms with E-state index in [0.29, 0.717) is 25.3 Å². The molecule has 0 radical (unpaired) electrons. The van der Waals surface area contributed by atoms with E-state index in [1.807, 2.05) is 0 Å². The first kappa shape index (κ1) is 17.6. The molecule has 2 N–H and O–H groups in total. The second kappa shape index (κ2) is 8.24. The number of hydrogen-bond acceptors (Lipinski definition) is 5. The third-order valence-electron chi connectivity index (χ3n) is 4.04. The van der Waals surface area contributed by atoms with E-state index in [1.165, 1.54) is 12.1 Å². The lowest BCUT2D eigenvalue weighted by Crippen LogP contribution is -2.44. The van der Waals surface area contributed by atoms with Crippen LogP contribution >= 0.6 is 0 Å². The molecule has 6 nitrogen and oxygen atoms in total. The molecular weight excluding hydrogens is 327 g/mol. The summed E-state index contributed by atoms with van der Waals surface area (Å²) in [7, 11) is 0. The molecule has 1 aliphatic rings. The molecule has 1 amide bonds. The van der Waals surface area contributed by atoms with E-state index in [1.54, 1.807) is 24.3 Å². The van der Waals surface area contributed by atoms with Crippen molar-refractivity contribution in [1.29, 1.82) is 0 Å². The third kappa shape index (κ3) is 4.66. The highest BCUT2D eigenvalue weighted by Crippen LogP contribution is 2.24. The van der Waals surface area contributed by atoms with Crippen molar-refractivity contribution in [3.63, 3.8) is 0 Å². The van der Waals surface area contributed by atoms with E-state index in [2.05, 4.69) is 10.2 Å². The van der Waals surface area contributed by atoms with Crippen LogP contribution in [-0.4, -0.2) is 61.4 Å². The van der Waals surface area contributed by atoms with Gasteiger partial charge in [-0.15, -0.1) is 0 Å². The number of rotatable bonds is 6. The van der Waals surface area contributed by atoms with Crippen LogP contribution in [0.15, 0.2) is 40.8 Å². The predicted molar refractivity (Wildman–Crippen MR) is 89.7 cm³/mol. The summed E-state index contributed by atoms with van der Waals surface area (Å²) in [6.07, 6.45) is -0.678. The lowest BCUT2D eigenvalue weighted by atomic mass is 10.1. The number of nitrogens with zero attached hydrogens (tertiary/aromatic N) is 1. The molecular formula is C18H21FN2O4. The molecule has 1 unspecified atom stereocenters. The zero-order valence-electron chi connectivity index (χ0n) is 13.8. The van der Waals surface area contributed by atoms with Crippen molar-refractivity contribution >= 4 is 5.91 Å². The molecule has 1 aliphatic heterocycles. The summed E-state index contributed by atoms with van der Waals surface area (Å²) in [6.45, 7) is 3.45. The molecule has 0 spiro atoms. The van der Waals surface area contributed by atoms with Crippen molar-refractivity contribution in [2.45, 2.75) is 6.10 Å². The number of furan rings is 1. The Balaban J connectivity index is 1.52. The highest BCUT2D eigenvalue weighted by atomic mass is 19.1. The maximum atomic E-state index is 13.8. The lowest BCUT2D eigenvalue weighted by Gasteiger charge is -2.28. The zero-order valence-corrected chi connectivity index (χ0v) is 13.8. The van der Waals surface area contributed by atoms with Crippen molar-refractivity contribution in [3.8, 4) is 11.3 Å². The summed E-state index contributed by atoms with van der Waals surface area (Å²) in [5.74, 6) is -0.484. The number of carbonyl (C=O) groups excluding carboxylic acids is 1. The Morgan fingerprint density at radius 1 is 1.24 bits per heavy atom. The second-order valence-electron chi connectivity index (χ2n) is 5.92. The molecule has 1 saturated heterocycles. The molecule has 1 aromatic heterocycles. The van der Waals surface area contributed by atoms with E-state index in [4.69, 9.17) is 9.15 Å². The van der Waals surface area contributed by atoms with Gasteiger partial charge in [0.05, 0.1) is 24.9 Å². The molecule has 134 valence electrons. The van der Waals surface area contributed by atoms with Gasteiger partial charge in [-0.05, 0) is 24.3 Å². The van der Waals surface area contributed by atoms with Gasteiger partial charge in [-0.3, -0.25) is 9.69 Å². The number of aliphatic hydroxyl groups excluding tert-OH is 1. The Morgan fingerprint density at radius 3 is 2.76 bits per heavy atom. The summed E-state index contributed by atoms with van der Waals surface area (Å²) in [5, 5.41) is 12.7. The van der Waals surface area contributed by atoms with Crippen LogP contribution in [0.1, 0.15) is 10.6 Å². The van der Waals surface area contributed by atoms with E-state index < -0.39 is 17.8 Å². The largest absolute Gasteiger partial charge is 0.451 e. The molecule has 3 rings (SSSR count). The van der Waals surface area contributed by atoms with Gasteiger partial charge in [0.15, 0.2) is 5.76 Å². The predicted octanol–water partition coefficient (Wildman–Crippen LogP) is 1.51. The Kier molecular flexibility index (Phi) is 5.80. The van der Waals surface area contributed by atoms with Crippen molar-refractivity contribution in [1.82, 2.24) is 10.2 Å². The maximum absolute atomic E-state index is 13.8. The van der Waals surface area contributed by atoms with Gasteiger partial charge in [0.2, 0.25) is 0 Å². The number of hydrogen-bond donors (Lipinski definition) is 2. The molecule has 0 bridgehead atoms. The molecule has 1 fully saturated rings. The summed E-state index contributed by atoms with van der Waals surface area (Å²) in [4.78, 5) is 14.2. The van der Waals surface area contributed by atoms with Gasteiger partial charge in [-0.25, -0.2) is 4.39 Å². The molecule has 2 heterocycles. The minimum atomic E-state index is -0.678. The van der Waals surface area contributed by atoms with Crippen LogP contribution in [0.25, 0.3) is 11.3 Å². The van der Waals surface area contributed by atoms with E-state index >= 15 is 0 Å². The average Bonchev–Trinajstić information content (AvgIpc) is 3.11. The second-order valence-corrected chi connectivity index (χ2v) is 5.92. The first-order valence-electron chi connectivity index (χ1n) is 8.24. The summed E-state index contributed by atoms with van der Waals surface area (Å²) in [5.41, 5.74) is 0.300.